The van der Waals surface area contributed by atoms with E-state index in [1.807, 2.05) is 0 Å². The predicted octanol–water partition coefficient (Wildman–Crippen LogP) is 4.82. The molecule has 0 aromatic heterocycles. The minimum atomic E-state index is 0.931. The van der Waals surface area contributed by atoms with Gasteiger partial charge in [0.05, 0.1) is 0 Å². The zero-order valence-electron chi connectivity index (χ0n) is 10.9. The van der Waals surface area contributed by atoms with Crippen molar-refractivity contribution in [2.45, 2.75) is 83.9 Å². The molecule has 3 aliphatic heterocycles. The van der Waals surface area contributed by atoms with Crippen molar-refractivity contribution in [3.05, 3.63) is 0 Å². The van der Waals surface area contributed by atoms with Crippen molar-refractivity contribution in [3.63, 3.8) is 0 Å². The maximum Gasteiger partial charge on any atom is 0.0170 e. The predicted molar refractivity (Wildman–Crippen MR) is 84.6 cm³/mol. The summed E-state index contributed by atoms with van der Waals surface area (Å²) in [7, 11) is 0. The molecule has 0 aromatic rings. The lowest BCUT2D eigenvalue weighted by Crippen LogP contribution is -2.17. The van der Waals surface area contributed by atoms with Crippen LogP contribution < -0.4 is 0 Å². The van der Waals surface area contributed by atoms with E-state index in [0.717, 1.165) is 31.5 Å². The van der Waals surface area contributed by atoms with Crippen molar-refractivity contribution in [3.8, 4) is 0 Å². The Kier molecular flexibility index (Phi) is 4.29. The molecule has 6 atom stereocenters. The van der Waals surface area contributed by atoms with Gasteiger partial charge in [0.2, 0.25) is 0 Å². The summed E-state index contributed by atoms with van der Waals surface area (Å²) in [4.78, 5) is 0. The highest BCUT2D eigenvalue weighted by Gasteiger charge is 2.39. The van der Waals surface area contributed by atoms with Gasteiger partial charge in [-0.25, -0.2) is 0 Å². The van der Waals surface area contributed by atoms with Crippen LogP contribution in [0.1, 0.15) is 52.4 Å². The van der Waals surface area contributed by atoms with Crippen LogP contribution in [0, 0.1) is 0 Å². The van der Waals surface area contributed by atoms with Crippen LogP contribution >= 0.6 is 35.3 Å². The first-order chi connectivity index (χ1) is 8.22. The first-order valence-corrected chi connectivity index (χ1v) is 10.0. The largest absolute Gasteiger partial charge is 0.154 e. The second-order valence-corrected chi connectivity index (χ2v) is 10.8. The van der Waals surface area contributed by atoms with Crippen LogP contribution in [0.25, 0.3) is 0 Å². The molecule has 0 radical (unpaired) electrons. The van der Waals surface area contributed by atoms with Crippen LogP contribution in [0.5, 0.6) is 0 Å². The van der Waals surface area contributed by atoms with Crippen molar-refractivity contribution in [2.24, 2.45) is 0 Å². The maximum atomic E-state index is 2.41. The second kappa shape index (κ2) is 5.58. The van der Waals surface area contributed by atoms with Gasteiger partial charge in [-0.05, 0) is 38.5 Å². The smallest absolute Gasteiger partial charge is 0.0170 e. The molecule has 3 fully saturated rings. The number of rotatable bonds is 2. The molecular weight excluding hydrogens is 264 g/mol. The second-order valence-electron chi connectivity index (χ2n) is 5.92. The fourth-order valence-corrected chi connectivity index (χ4v) is 8.74. The lowest BCUT2D eigenvalue weighted by Gasteiger charge is -2.20. The summed E-state index contributed by atoms with van der Waals surface area (Å²) in [5.41, 5.74) is 0. The lowest BCUT2D eigenvalue weighted by atomic mass is 10.1. The van der Waals surface area contributed by atoms with Gasteiger partial charge in [0.25, 0.3) is 0 Å². The van der Waals surface area contributed by atoms with Gasteiger partial charge in [-0.2, -0.15) is 35.3 Å². The summed E-state index contributed by atoms with van der Waals surface area (Å²) in [6.07, 6.45) is 8.92. The Bertz CT molecular complexity index is 242. The van der Waals surface area contributed by atoms with Crippen molar-refractivity contribution in [1.29, 1.82) is 0 Å². The highest BCUT2D eigenvalue weighted by Crippen LogP contribution is 2.50. The van der Waals surface area contributed by atoms with E-state index < -0.39 is 0 Å². The highest BCUT2D eigenvalue weighted by molar-refractivity contribution is 8.06. The minimum absolute atomic E-state index is 0.931. The average Bonchev–Trinajstić information content (AvgIpc) is 2.96. The van der Waals surface area contributed by atoms with Crippen LogP contribution in [0.2, 0.25) is 0 Å². The minimum Gasteiger partial charge on any atom is -0.154 e. The highest BCUT2D eigenvalue weighted by atomic mass is 32.2. The molecule has 3 aliphatic rings. The van der Waals surface area contributed by atoms with E-state index in [9.17, 15) is 0 Å². The molecule has 0 amide bonds. The zero-order valence-corrected chi connectivity index (χ0v) is 13.4. The molecule has 3 heterocycles. The third-order valence-electron chi connectivity index (χ3n) is 4.44. The van der Waals surface area contributed by atoms with E-state index in [0.29, 0.717) is 0 Å². The SMILES string of the molecule is CC1CCC(C2CCC(C3CCC(C)S3)S2)S1. The molecule has 3 heteroatoms. The number of thioether (sulfide) groups is 3. The lowest BCUT2D eigenvalue weighted by molar-refractivity contribution is 0.644. The van der Waals surface area contributed by atoms with Gasteiger partial charge in [0.1, 0.15) is 0 Å². The summed E-state index contributed by atoms with van der Waals surface area (Å²) in [6.45, 7) is 4.83. The summed E-state index contributed by atoms with van der Waals surface area (Å²) >= 11 is 6.93. The fourth-order valence-electron chi connectivity index (χ4n) is 3.45. The van der Waals surface area contributed by atoms with Gasteiger partial charge in [-0.15, -0.1) is 0 Å². The van der Waals surface area contributed by atoms with Crippen LogP contribution in [-0.4, -0.2) is 31.5 Å². The molecule has 0 aliphatic carbocycles. The van der Waals surface area contributed by atoms with E-state index in [2.05, 4.69) is 49.1 Å². The van der Waals surface area contributed by atoms with Crippen molar-refractivity contribution in [2.75, 3.05) is 0 Å². The molecule has 17 heavy (non-hydrogen) atoms. The Morgan fingerprint density at radius 3 is 1.24 bits per heavy atom. The zero-order chi connectivity index (χ0) is 11.8. The van der Waals surface area contributed by atoms with Crippen LogP contribution in [0.15, 0.2) is 0 Å². The summed E-state index contributed by atoms with van der Waals surface area (Å²) in [5.74, 6) is 0. The van der Waals surface area contributed by atoms with Gasteiger partial charge >= 0.3 is 0 Å². The Balaban J connectivity index is 1.51. The van der Waals surface area contributed by atoms with E-state index in [-0.39, 0.29) is 0 Å². The molecule has 0 aromatic carbocycles. The topological polar surface area (TPSA) is 0 Å². The fraction of sp³-hybridized carbons (Fsp3) is 1.00. The average molecular weight is 289 g/mol. The molecule has 0 N–H and O–H groups in total. The van der Waals surface area contributed by atoms with E-state index in [1.54, 1.807) is 0 Å². The first kappa shape index (κ1) is 13.1. The van der Waals surface area contributed by atoms with Gasteiger partial charge in [-0.3, -0.25) is 0 Å². The Morgan fingerprint density at radius 1 is 0.529 bits per heavy atom. The summed E-state index contributed by atoms with van der Waals surface area (Å²) in [5, 5.41) is 5.83. The van der Waals surface area contributed by atoms with Crippen LogP contribution in [0.3, 0.4) is 0 Å². The summed E-state index contributed by atoms with van der Waals surface area (Å²) < 4.78 is 0. The third-order valence-corrected chi connectivity index (χ3v) is 9.84. The molecular formula is C14H24S3. The molecule has 0 saturated carbocycles. The standard InChI is InChI=1S/C14H24S3/c1-9-3-5-11(15-9)13-7-8-14(17-13)12-6-4-10(2)16-12/h9-14H,3-8H2,1-2H3. The van der Waals surface area contributed by atoms with Gasteiger partial charge in [0, 0.05) is 31.5 Å². The number of hydrogen-bond acceptors (Lipinski definition) is 3. The van der Waals surface area contributed by atoms with Crippen molar-refractivity contribution >= 4 is 35.3 Å². The monoisotopic (exact) mass is 288 g/mol. The normalized spacial score (nSPS) is 51.2. The van der Waals surface area contributed by atoms with Crippen LogP contribution in [-0.2, 0) is 0 Å². The molecule has 3 saturated heterocycles. The van der Waals surface area contributed by atoms with Gasteiger partial charge in [0.15, 0.2) is 0 Å². The van der Waals surface area contributed by atoms with Gasteiger partial charge in [-0.1, -0.05) is 13.8 Å². The first-order valence-electron chi connectivity index (χ1n) is 7.19. The van der Waals surface area contributed by atoms with E-state index in [4.69, 9.17) is 0 Å². The van der Waals surface area contributed by atoms with Gasteiger partial charge < -0.3 is 0 Å². The maximum absolute atomic E-state index is 2.41. The Morgan fingerprint density at radius 2 is 0.882 bits per heavy atom. The molecule has 0 spiro atoms. The molecule has 98 valence electrons. The van der Waals surface area contributed by atoms with Crippen LogP contribution in [0.4, 0.5) is 0 Å². The molecule has 6 unspecified atom stereocenters. The summed E-state index contributed by atoms with van der Waals surface area (Å²) in [6, 6.07) is 0. The van der Waals surface area contributed by atoms with Crippen molar-refractivity contribution < 1.29 is 0 Å². The molecule has 0 nitrogen and oxygen atoms in total. The molecule has 3 rings (SSSR count). The Hall–Kier alpha value is 1.05. The van der Waals surface area contributed by atoms with Crippen molar-refractivity contribution in [1.82, 2.24) is 0 Å². The van der Waals surface area contributed by atoms with E-state index in [1.165, 1.54) is 38.5 Å². The molecule has 0 bridgehead atoms. The quantitative estimate of drug-likeness (QED) is 0.715. The van der Waals surface area contributed by atoms with E-state index >= 15 is 0 Å². The Labute approximate surface area is 119 Å². The number of hydrogen-bond donors (Lipinski definition) is 0. The third kappa shape index (κ3) is 2.97.